The zero-order valence-electron chi connectivity index (χ0n) is 13.8. The Hall–Kier alpha value is -2.35. The fourth-order valence-corrected chi connectivity index (χ4v) is 4.47. The van der Waals surface area contributed by atoms with E-state index in [1.54, 1.807) is 37.8 Å². The summed E-state index contributed by atoms with van der Waals surface area (Å²) in [5, 5.41) is 3.66. The highest BCUT2D eigenvalue weighted by atomic mass is 32.2. The average molecular weight is 349 g/mol. The Labute approximate surface area is 140 Å². The van der Waals surface area contributed by atoms with E-state index in [4.69, 9.17) is 4.52 Å². The minimum absolute atomic E-state index is 0.0700. The van der Waals surface area contributed by atoms with Crippen molar-refractivity contribution in [3.63, 3.8) is 0 Å². The monoisotopic (exact) mass is 349 g/mol. The van der Waals surface area contributed by atoms with Gasteiger partial charge in [-0.3, -0.25) is 9.52 Å². The first kappa shape index (κ1) is 16.5. The number of hydrogen-bond acceptors (Lipinski definition) is 5. The number of anilines is 2. The van der Waals surface area contributed by atoms with Crippen molar-refractivity contribution in [1.82, 2.24) is 5.16 Å². The van der Waals surface area contributed by atoms with Crippen molar-refractivity contribution in [1.29, 1.82) is 0 Å². The number of aryl methyl sites for hydroxylation is 3. The minimum atomic E-state index is -3.79. The molecule has 3 rings (SSSR count). The number of aromatic nitrogens is 1. The topological polar surface area (TPSA) is 92.5 Å². The van der Waals surface area contributed by atoms with E-state index < -0.39 is 10.0 Å². The largest absolute Gasteiger partial charge is 0.360 e. The summed E-state index contributed by atoms with van der Waals surface area (Å²) in [4.78, 5) is 13.8. The molecule has 2 heterocycles. The van der Waals surface area contributed by atoms with Gasteiger partial charge in [0.25, 0.3) is 10.0 Å². The molecular weight excluding hydrogens is 330 g/mol. The van der Waals surface area contributed by atoms with Crippen LogP contribution in [-0.4, -0.2) is 26.0 Å². The van der Waals surface area contributed by atoms with Gasteiger partial charge in [-0.15, -0.1) is 0 Å². The van der Waals surface area contributed by atoms with Crippen LogP contribution in [0.3, 0.4) is 0 Å². The van der Waals surface area contributed by atoms with Crippen molar-refractivity contribution >= 4 is 27.4 Å². The first-order chi connectivity index (χ1) is 11.3. The smallest absolute Gasteiger partial charge is 0.263 e. The number of rotatable bonds is 4. The molecular formula is C16H19N3O4S. The molecule has 24 heavy (non-hydrogen) atoms. The molecule has 0 spiro atoms. The highest BCUT2D eigenvalue weighted by Crippen LogP contribution is 2.30. The van der Waals surface area contributed by atoms with Crippen molar-refractivity contribution in [3.8, 4) is 0 Å². The van der Waals surface area contributed by atoms with E-state index in [1.165, 1.54) is 6.07 Å². The van der Waals surface area contributed by atoms with Crippen LogP contribution >= 0.6 is 0 Å². The van der Waals surface area contributed by atoms with Gasteiger partial charge in [0.1, 0.15) is 5.76 Å². The molecule has 0 unspecified atom stereocenters. The van der Waals surface area contributed by atoms with Gasteiger partial charge in [0.15, 0.2) is 5.82 Å². The molecule has 1 aliphatic heterocycles. The van der Waals surface area contributed by atoms with Crippen molar-refractivity contribution in [2.45, 2.75) is 38.5 Å². The maximum absolute atomic E-state index is 12.7. The molecule has 1 aliphatic rings. The molecule has 1 N–H and O–H groups in total. The number of benzene rings is 1. The second kappa shape index (κ2) is 5.94. The van der Waals surface area contributed by atoms with E-state index in [2.05, 4.69) is 9.88 Å². The number of hydrogen-bond donors (Lipinski definition) is 1. The SMILES string of the molecule is Cc1cc(NS(=O)(=O)c2c(C)cc(N3CCCC3=O)cc2C)no1. The lowest BCUT2D eigenvalue weighted by atomic mass is 10.1. The zero-order valence-corrected chi connectivity index (χ0v) is 14.6. The zero-order chi connectivity index (χ0) is 17.5. The molecule has 1 fully saturated rings. The summed E-state index contributed by atoms with van der Waals surface area (Å²) in [5.74, 6) is 0.731. The molecule has 0 atom stereocenters. The predicted octanol–water partition coefficient (Wildman–Crippen LogP) is 2.53. The lowest BCUT2D eigenvalue weighted by Gasteiger charge is -2.19. The summed E-state index contributed by atoms with van der Waals surface area (Å²) in [6.07, 6.45) is 1.36. The Morgan fingerprint density at radius 1 is 1.17 bits per heavy atom. The second-order valence-electron chi connectivity index (χ2n) is 5.99. The molecule has 8 heteroatoms. The standard InChI is InChI=1S/C16H19N3O4S/c1-10-7-13(19-6-4-5-15(19)20)8-11(2)16(10)24(21,22)18-14-9-12(3)23-17-14/h7-9H,4-6H2,1-3H3,(H,17,18). The van der Waals surface area contributed by atoms with Crippen LogP contribution in [0.25, 0.3) is 0 Å². The molecule has 1 saturated heterocycles. The molecule has 1 aromatic heterocycles. The summed E-state index contributed by atoms with van der Waals surface area (Å²) in [5.41, 5.74) is 1.90. The van der Waals surface area contributed by atoms with Gasteiger partial charge in [-0.2, -0.15) is 0 Å². The summed E-state index contributed by atoms with van der Waals surface area (Å²) in [6.45, 7) is 5.79. The van der Waals surface area contributed by atoms with Crippen molar-refractivity contribution in [3.05, 3.63) is 35.1 Å². The molecule has 7 nitrogen and oxygen atoms in total. The first-order valence-electron chi connectivity index (χ1n) is 7.66. The Balaban J connectivity index is 1.97. The highest BCUT2D eigenvalue weighted by molar-refractivity contribution is 7.92. The molecule has 1 amide bonds. The van der Waals surface area contributed by atoms with Crippen molar-refractivity contribution in [2.75, 3.05) is 16.2 Å². The Bertz CT molecular complexity index is 879. The molecule has 1 aromatic carbocycles. The van der Waals surface area contributed by atoms with E-state index in [0.717, 1.165) is 12.1 Å². The Morgan fingerprint density at radius 2 is 1.83 bits per heavy atom. The summed E-state index contributed by atoms with van der Waals surface area (Å²) in [6, 6.07) is 4.98. The van der Waals surface area contributed by atoms with E-state index in [1.807, 2.05) is 0 Å². The number of sulfonamides is 1. The normalized spacial score (nSPS) is 15.1. The number of nitrogens with one attached hydrogen (secondary N) is 1. The van der Waals surface area contributed by atoms with Crippen LogP contribution in [-0.2, 0) is 14.8 Å². The van der Waals surface area contributed by atoms with Gasteiger partial charge in [0, 0.05) is 24.7 Å². The highest BCUT2D eigenvalue weighted by Gasteiger charge is 2.26. The van der Waals surface area contributed by atoms with Gasteiger partial charge >= 0.3 is 0 Å². The van der Waals surface area contributed by atoms with Crippen LogP contribution in [0.2, 0.25) is 0 Å². The molecule has 0 bridgehead atoms. The third-order valence-electron chi connectivity index (χ3n) is 3.97. The predicted molar refractivity (Wildman–Crippen MR) is 89.6 cm³/mol. The van der Waals surface area contributed by atoms with Gasteiger partial charge in [-0.1, -0.05) is 5.16 Å². The van der Waals surface area contributed by atoms with Gasteiger partial charge < -0.3 is 9.42 Å². The molecule has 2 aromatic rings. The lowest BCUT2D eigenvalue weighted by Crippen LogP contribution is -2.24. The lowest BCUT2D eigenvalue weighted by molar-refractivity contribution is -0.117. The van der Waals surface area contributed by atoms with E-state index in [0.29, 0.717) is 29.9 Å². The number of carbonyl (C=O) groups excluding carboxylic acids is 1. The van der Waals surface area contributed by atoms with Crippen molar-refractivity contribution in [2.24, 2.45) is 0 Å². The van der Waals surface area contributed by atoms with Gasteiger partial charge in [-0.05, 0) is 50.5 Å². The van der Waals surface area contributed by atoms with Crippen LogP contribution in [0.1, 0.15) is 29.7 Å². The van der Waals surface area contributed by atoms with Gasteiger partial charge in [0.05, 0.1) is 4.90 Å². The number of carbonyl (C=O) groups is 1. The van der Waals surface area contributed by atoms with Gasteiger partial charge in [-0.25, -0.2) is 8.42 Å². The first-order valence-corrected chi connectivity index (χ1v) is 9.14. The molecule has 128 valence electrons. The fraction of sp³-hybridized carbons (Fsp3) is 0.375. The third-order valence-corrected chi connectivity index (χ3v) is 5.63. The molecule has 0 aliphatic carbocycles. The Kier molecular flexibility index (Phi) is 4.08. The van der Waals surface area contributed by atoms with Crippen LogP contribution in [0, 0.1) is 20.8 Å². The van der Waals surface area contributed by atoms with Gasteiger partial charge in [0.2, 0.25) is 5.91 Å². The summed E-state index contributed by atoms with van der Waals surface area (Å²) in [7, 11) is -3.79. The average Bonchev–Trinajstić information content (AvgIpc) is 3.05. The van der Waals surface area contributed by atoms with Crippen LogP contribution in [0.5, 0.6) is 0 Å². The molecule has 0 radical (unpaired) electrons. The summed E-state index contributed by atoms with van der Waals surface area (Å²) < 4.78 is 32.7. The summed E-state index contributed by atoms with van der Waals surface area (Å²) >= 11 is 0. The number of amides is 1. The number of nitrogens with zero attached hydrogens (tertiary/aromatic N) is 2. The van der Waals surface area contributed by atoms with Crippen LogP contribution < -0.4 is 9.62 Å². The fourth-order valence-electron chi connectivity index (χ4n) is 3.03. The van der Waals surface area contributed by atoms with Crippen LogP contribution in [0.4, 0.5) is 11.5 Å². The maximum atomic E-state index is 12.7. The third kappa shape index (κ3) is 3.01. The minimum Gasteiger partial charge on any atom is -0.360 e. The van der Waals surface area contributed by atoms with Crippen LogP contribution in [0.15, 0.2) is 27.6 Å². The maximum Gasteiger partial charge on any atom is 0.263 e. The van der Waals surface area contributed by atoms with E-state index in [9.17, 15) is 13.2 Å². The van der Waals surface area contributed by atoms with E-state index >= 15 is 0 Å². The second-order valence-corrected chi connectivity index (χ2v) is 7.61. The van der Waals surface area contributed by atoms with Crippen molar-refractivity contribution < 1.29 is 17.7 Å². The van der Waals surface area contributed by atoms with E-state index in [-0.39, 0.29) is 16.6 Å². The quantitative estimate of drug-likeness (QED) is 0.915. The Morgan fingerprint density at radius 3 is 2.33 bits per heavy atom. The molecule has 0 saturated carbocycles.